The Labute approximate surface area is 188 Å². The molecule has 2 aliphatic rings. The third-order valence-electron chi connectivity index (χ3n) is 4.71. The number of fused-ring (bicyclic) bond motifs is 2. The van der Waals surface area contributed by atoms with Crippen LogP contribution in [-0.2, 0) is 19.2 Å². The van der Waals surface area contributed by atoms with Crippen molar-refractivity contribution in [3.05, 3.63) is 113 Å². The average molecular weight is 440 g/mol. The number of benzene rings is 3. The molecule has 0 spiro atoms. The molecule has 0 aliphatic heterocycles. The number of hydrogen-bond acceptors (Lipinski definition) is 0. The van der Waals surface area contributed by atoms with Gasteiger partial charge in [-0.25, -0.2) is 0 Å². The topological polar surface area (TPSA) is 22.3 Å². The minimum absolute atomic E-state index is 0. The molecular formula is C24H19Cl2NTi. The van der Waals surface area contributed by atoms with Gasteiger partial charge in [-0.15, -0.1) is 0 Å². The molecule has 0 bridgehead atoms. The Morgan fingerprint density at radius 2 is 1.00 bits per heavy atom. The summed E-state index contributed by atoms with van der Waals surface area (Å²) in [6.07, 6.45) is 9.43. The first-order valence-electron chi connectivity index (χ1n) is 8.85. The van der Waals surface area contributed by atoms with Gasteiger partial charge in [-0.3, -0.25) is 0 Å². The standard InChI is InChI=1S/2C9H7.C6H5N.2ClH.Ti/c2*1-2-5-9-7-3-6-8(9)4-1;7-6-4-2-1-3-5-6;;;/h2*1-7H;1-5H;2*1H;/q;;;;;+2/p-2. The summed E-state index contributed by atoms with van der Waals surface area (Å²) in [6, 6.07) is 26.4. The van der Waals surface area contributed by atoms with Gasteiger partial charge >= 0.3 is 123 Å². The van der Waals surface area contributed by atoms with Crippen molar-refractivity contribution in [1.29, 1.82) is 0 Å². The summed E-state index contributed by atoms with van der Waals surface area (Å²) in [5.41, 5.74) is 14.9. The van der Waals surface area contributed by atoms with Crippen LogP contribution in [0.5, 0.6) is 0 Å². The van der Waals surface area contributed by atoms with Gasteiger partial charge in [0, 0.05) is 0 Å². The molecule has 0 saturated heterocycles. The zero-order valence-corrected chi connectivity index (χ0v) is 18.2. The van der Waals surface area contributed by atoms with Crippen molar-refractivity contribution in [3.8, 4) is 0 Å². The molecular weight excluding hydrogens is 421 g/mol. The molecule has 2 radical (unpaired) electrons. The monoisotopic (exact) mass is 439 g/mol. The van der Waals surface area contributed by atoms with Gasteiger partial charge in [0.15, 0.2) is 0 Å². The van der Waals surface area contributed by atoms with E-state index in [2.05, 4.69) is 72.8 Å². The van der Waals surface area contributed by atoms with Gasteiger partial charge in [-0.2, -0.15) is 5.73 Å². The Morgan fingerprint density at radius 1 is 0.571 bits per heavy atom. The first kappa shape index (κ1) is 22.5. The van der Waals surface area contributed by atoms with Crippen LogP contribution in [0.2, 0.25) is 0 Å². The average Bonchev–Trinajstić information content (AvgIpc) is 3.28. The molecule has 1 nitrogen and oxygen atoms in total. The fourth-order valence-electron chi connectivity index (χ4n) is 3.41. The van der Waals surface area contributed by atoms with E-state index in [-0.39, 0.29) is 44.0 Å². The van der Waals surface area contributed by atoms with Crippen molar-refractivity contribution in [2.24, 2.45) is 0 Å². The Balaban J connectivity index is 0.000000269. The summed E-state index contributed by atoms with van der Waals surface area (Å²) in [7, 11) is 0. The fraction of sp³-hybridized carbons (Fsp3) is 0.0833. The smallest absolute Gasteiger partial charge is 0.0857 e. The number of allylic oxidation sites excluding steroid dienone is 2. The van der Waals surface area contributed by atoms with Gasteiger partial charge in [0.05, 0.1) is 5.69 Å². The second-order valence-corrected chi connectivity index (χ2v) is 8.90. The van der Waals surface area contributed by atoms with Crippen LogP contribution >= 0.6 is 0 Å². The van der Waals surface area contributed by atoms with Crippen molar-refractivity contribution >= 4 is 17.8 Å². The molecule has 3 aromatic carbocycles. The van der Waals surface area contributed by atoms with E-state index in [4.69, 9.17) is 5.73 Å². The largest absolute Gasteiger partial charge is 1.00 e. The van der Waals surface area contributed by atoms with Crippen molar-refractivity contribution in [1.82, 2.24) is 5.73 Å². The molecule has 0 fully saturated rings. The Morgan fingerprint density at radius 3 is 1.43 bits per heavy atom. The zero-order valence-electron chi connectivity index (χ0n) is 15.2. The molecule has 4 heteroatoms. The van der Waals surface area contributed by atoms with Crippen LogP contribution in [-0.4, -0.2) is 0 Å². The van der Waals surface area contributed by atoms with E-state index in [1.54, 1.807) is 35.4 Å². The predicted octanol–water partition coefficient (Wildman–Crippen LogP) is -0.0001000. The van der Waals surface area contributed by atoms with Crippen LogP contribution in [0.3, 0.4) is 0 Å². The summed E-state index contributed by atoms with van der Waals surface area (Å²) in [4.78, 5) is 0. The first-order valence-corrected chi connectivity index (χ1v) is 10.7. The minimum Gasteiger partial charge on any atom is -1.00 e. The van der Waals surface area contributed by atoms with Crippen LogP contribution < -0.4 is 30.5 Å². The van der Waals surface area contributed by atoms with Gasteiger partial charge in [0.25, 0.3) is 0 Å². The molecule has 0 aromatic heterocycles. The van der Waals surface area contributed by atoms with Crippen LogP contribution in [0.1, 0.15) is 30.7 Å². The van der Waals surface area contributed by atoms with Crippen LogP contribution in [0.15, 0.2) is 91.0 Å². The van der Waals surface area contributed by atoms with Gasteiger partial charge in [-0.05, 0) is 12.1 Å². The third kappa shape index (κ3) is 5.18. The SMILES string of the molecule is C1=C[CH]([Ti+2][CH]2C=Cc3ccccc32)c2ccccc21.[Cl-].[Cl-].[N]c1ccccc1. The molecule has 2 unspecified atom stereocenters. The second-order valence-electron chi connectivity index (χ2n) is 6.43. The summed E-state index contributed by atoms with van der Waals surface area (Å²) in [5, 5.41) is 0. The normalized spacial score (nSPS) is 17.1. The van der Waals surface area contributed by atoms with Crippen LogP contribution in [0, 0.1) is 0 Å². The molecule has 28 heavy (non-hydrogen) atoms. The molecule has 3 aromatic rings. The van der Waals surface area contributed by atoms with Crippen LogP contribution in [0.25, 0.3) is 12.2 Å². The number of hydrogen-bond donors (Lipinski definition) is 0. The van der Waals surface area contributed by atoms with Crippen molar-refractivity contribution in [2.75, 3.05) is 0 Å². The van der Waals surface area contributed by atoms with Gasteiger partial charge < -0.3 is 24.8 Å². The number of rotatable bonds is 2. The Kier molecular flexibility index (Phi) is 8.60. The van der Waals surface area contributed by atoms with Crippen molar-refractivity contribution in [2.45, 2.75) is 8.45 Å². The molecule has 138 valence electrons. The summed E-state index contributed by atoms with van der Waals surface area (Å²) in [6.45, 7) is 0. The molecule has 0 saturated carbocycles. The van der Waals surface area contributed by atoms with Gasteiger partial charge in [0.1, 0.15) is 0 Å². The summed E-state index contributed by atoms with van der Waals surface area (Å²) in [5.74, 6) is 0. The van der Waals surface area contributed by atoms with E-state index in [0.29, 0.717) is 14.1 Å². The minimum atomic E-state index is -0.0859. The molecule has 5 rings (SSSR count). The second kappa shape index (κ2) is 10.7. The third-order valence-corrected chi connectivity index (χ3v) is 7.41. The predicted molar refractivity (Wildman–Crippen MR) is 105 cm³/mol. The molecule has 0 N–H and O–H groups in total. The van der Waals surface area contributed by atoms with E-state index in [9.17, 15) is 0 Å². The van der Waals surface area contributed by atoms with E-state index in [1.807, 2.05) is 6.07 Å². The van der Waals surface area contributed by atoms with E-state index in [1.165, 1.54) is 11.1 Å². The quantitative estimate of drug-likeness (QED) is 0.501. The van der Waals surface area contributed by atoms with Gasteiger partial charge in [-0.1, -0.05) is 18.2 Å². The Hall–Kier alpha value is -1.77. The van der Waals surface area contributed by atoms with Crippen LogP contribution in [0.4, 0.5) is 5.69 Å². The summed E-state index contributed by atoms with van der Waals surface area (Å²) < 4.78 is 1.38. The fourth-order valence-corrected chi connectivity index (χ4v) is 6.04. The molecule has 2 aliphatic carbocycles. The number of halogens is 2. The van der Waals surface area contributed by atoms with Crippen molar-refractivity contribution in [3.63, 3.8) is 0 Å². The molecule has 2 atom stereocenters. The number of nitrogens with zero attached hydrogens (tertiary/aromatic N) is 1. The Bertz CT molecular complexity index is 894. The first-order chi connectivity index (χ1) is 12.8. The van der Waals surface area contributed by atoms with E-state index in [0.717, 1.165) is 0 Å². The maximum absolute atomic E-state index is 8.63. The summed E-state index contributed by atoms with van der Waals surface area (Å²) >= 11 is -0.0859. The van der Waals surface area contributed by atoms with E-state index >= 15 is 0 Å². The zero-order chi connectivity index (χ0) is 17.8. The van der Waals surface area contributed by atoms with E-state index < -0.39 is 0 Å². The molecule has 0 amide bonds. The van der Waals surface area contributed by atoms with Crippen molar-refractivity contribution < 1.29 is 44.0 Å². The maximum atomic E-state index is 8.63. The molecule has 0 heterocycles. The van der Waals surface area contributed by atoms with Gasteiger partial charge in [0.2, 0.25) is 0 Å². The maximum Gasteiger partial charge on any atom is 0.0857 e.